The number of para-hydroxylation sites is 2. The molecule has 0 unspecified atom stereocenters. The molecular formula is C19H23FN2O4S. The van der Waals surface area contributed by atoms with Crippen LogP contribution in [0.1, 0.15) is 12.5 Å². The van der Waals surface area contributed by atoms with Crippen LogP contribution in [0.3, 0.4) is 0 Å². The fraction of sp³-hybridized carbons (Fsp3) is 0.316. The van der Waals surface area contributed by atoms with Gasteiger partial charge in [-0.2, -0.15) is 0 Å². The van der Waals surface area contributed by atoms with Gasteiger partial charge in [-0.05, 0) is 30.7 Å². The van der Waals surface area contributed by atoms with Gasteiger partial charge in [-0.3, -0.25) is 9.10 Å². The van der Waals surface area contributed by atoms with Gasteiger partial charge in [0.2, 0.25) is 15.9 Å². The quantitative estimate of drug-likeness (QED) is 0.708. The smallest absolute Gasteiger partial charge is 0.232 e. The summed E-state index contributed by atoms with van der Waals surface area (Å²) in [5.41, 5.74) is 0.696. The Morgan fingerprint density at radius 1 is 1.15 bits per heavy atom. The second-order valence-corrected chi connectivity index (χ2v) is 7.76. The van der Waals surface area contributed by atoms with Crippen molar-refractivity contribution in [3.63, 3.8) is 0 Å². The van der Waals surface area contributed by atoms with Gasteiger partial charge in [0.25, 0.3) is 0 Å². The van der Waals surface area contributed by atoms with Gasteiger partial charge in [0.1, 0.15) is 11.6 Å². The summed E-state index contributed by atoms with van der Waals surface area (Å²) in [6.45, 7) is 2.32. The molecule has 0 radical (unpaired) electrons. The number of amides is 1. The molecule has 0 atom stereocenters. The first-order chi connectivity index (χ1) is 12.8. The SMILES string of the molecule is CCOc1ccccc1N(CCNC(=O)Cc1ccccc1F)S(C)(=O)=O. The van der Waals surface area contributed by atoms with Crippen molar-refractivity contribution >= 4 is 21.6 Å². The van der Waals surface area contributed by atoms with E-state index in [-0.39, 0.29) is 31.0 Å². The van der Waals surface area contributed by atoms with E-state index in [1.807, 2.05) is 6.92 Å². The molecule has 0 aromatic heterocycles. The zero-order valence-corrected chi connectivity index (χ0v) is 16.1. The third-order valence-electron chi connectivity index (χ3n) is 3.78. The minimum atomic E-state index is -3.58. The lowest BCUT2D eigenvalue weighted by Crippen LogP contribution is -2.38. The number of carbonyl (C=O) groups excluding carboxylic acids is 1. The second kappa shape index (κ2) is 9.36. The lowest BCUT2D eigenvalue weighted by Gasteiger charge is -2.24. The maximum Gasteiger partial charge on any atom is 0.232 e. The van der Waals surface area contributed by atoms with Gasteiger partial charge in [-0.15, -0.1) is 0 Å². The van der Waals surface area contributed by atoms with Gasteiger partial charge in [0, 0.05) is 6.54 Å². The topological polar surface area (TPSA) is 75.7 Å². The maximum absolute atomic E-state index is 13.6. The molecule has 2 rings (SSSR count). The zero-order chi connectivity index (χ0) is 19.9. The standard InChI is InChI=1S/C19H23FN2O4S/c1-3-26-18-11-7-6-10-17(18)22(27(2,24)25)13-12-21-19(23)14-15-8-4-5-9-16(15)20/h4-11H,3,12-14H2,1-2H3,(H,21,23). The molecular weight excluding hydrogens is 371 g/mol. The van der Waals surface area contributed by atoms with E-state index in [0.717, 1.165) is 6.26 Å². The predicted octanol–water partition coefficient (Wildman–Crippen LogP) is 2.35. The number of benzene rings is 2. The Morgan fingerprint density at radius 3 is 2.48 bits per heavy atom. The lowest BCUT2D eigenvalue weighted by molar-refractivity contribution is -0.120. The normalized spacial score (nSPS) is 11.1. The average Bonchev–Trinajstić information content (AvgIpc) is 2.61. The third kappa shape index (κ3) is 5.96. The van der Waals surface area contributed by atoms with Gasteiger partial charge in [0.15, 0.2) is 0 Å². The lowest BCUT2D eigenvalue weighted by atomic mass is 10.1. The third-order valence-corrected chi connectivity index (χ3v) is 4.96. The van der Waals surface area contributed by atoms with Crippen molar-refractivity contribution in [3.05, 3.63) is 59.9 Å². The van der Waals surface area contributed by atoms with Crippen molar-refractivity contribution in [2.45, 2.75) is 13.3 Å². The molecule has 6 nitrogen and oxygen atoms in total. The maximum atomic E-state index is 13.6. The summed E-state index contributed by atoms with van der Waals surface area (Å²) in [5, 5.41) is 2.63. The number of carbonyl (C=O) groups is 1. The van der Waals surface area contributed by atoms with Gasteiger partial charge >= 0.3 is 0 Å². The average molecular weight is 394 g/mol. The summed E-state index contributed by atoms with van der Waals surface area (Å²) < 4.78 is 44.7. The molecule has 0 aliphatic carbocycles. The Bertz CT molecular complexity index is 887. The van der Waals surface area contributed by atoms with Gasteiger partial charge in [-0.25, -0.2) is 12.8 Å². The van der Waals surface area contributed by atoms with E-state index >= 15 is 0 Å². The molecule has 0 spiro atoms. The molecule has 27 heavy (non-hydrogen) atoms. The van der Waals surface area contributed by atoms with Crippen molar-refractivity contribution in [2.75, 3.05) is 30.3 Å². The van der Waals surface area contributed by atoms with Gasteiger partial charge in [-0.1, -0.05) is 30.3 Å². The molecule has 0 saturated carbocycles. The first kappa shape index (κ1) is 20.7. The highest BCUT2D eigenvalue weighted by Crippen LogP contribution is 2.29. The highest BCUT2D eigenvalue weighted by molar-refractivity contribution is 7.92. The van der Waals surface area contributed by atoms with Crippen LogP contribution in [0.25, 0.3) is 0 Å². The fourth-order valence-corrected chi connectivity index (χ4v) is 3.51. The molecule has 1 amide bonds. The Labute approximate surface area is 159 Å². The van der Waals surface area contributed by atoms with E-state index in [0.29, 0.717) is 18.0 Å². The van der Waals surface area contributed by atoms with Crippen molar-refractivity contribution in [1.82, 2.24) is 5.32 Å². The minimum absolute atomic E-state index is 0.0337. The van der Waals surface area contributed by atoms with Crippen LogP contribution in [-0.2, 0) is 21.2 Å². The number of hydrogen-bond donors (Lipinski definition) is 1. The van der Waals surface area contributed by atoms with Crippen molar-refractivity contribution in [3.8, 4) is 5.75 Å². The summed E-state index contributed by atoms with van der Waals surface area (Å²) in [4.78, 5) is 12.0. The molecule has 146 valence electrons. The summed E-state index contributed by atoms with van der Waals surface area (Å²) in [6.07, 6.45) is 0.984. The predicted molar refractivity (Wildman–Crippen MR) is 103 cm³/mol. The first-order valence-corrected chi connectivity index (χ1v) is 10.4. The minimum Gasteiger partial charge on any atom is -0.492 e. The summed E-state index contributed by atoms with van der Waals surface area (Å²) in [7, 11) is -3.58. The van der Waals surface area contributed by atoms with Crippen LogP contribution >= 0.6 is 0 Å². The Morgan fingerprint density at radius 2 is 1.81 bits per heavy atom. The largest absolute Gasteiger partial charge is 0.492 e. The van der Waals surface area contributed by atoms with E-state index in [1.54, 1.807) is 36.4 Å². The van der Waals surface area contributed by atoms with Crippen LogP contribution in [0, 0.1) is 5.82 Å². The van der Waals surface area contributed by atoms with Crippen LogP contribution in [0.5, 0.6) is 5.75 Å². The Kier molecular flexibility index (Phi) is 7.18. The number of ether oxygens (including phenoxy) is 1. The van der Waals surface area contributed by atoms with E-state index in [2.05, 4.69) is 5.32 Å². The summed E-state index contributed by atoms with van der Waals surface area (Å²) in [5.74, 6) is -0.384. The highest BCUT2D eigenvalue weighted by atomic mass is 32.2. The number of anilines is 1. The van der Waals surface area contributed by atoms with E-state index in [9.17, 15) is 17.6 Å². The monoisotopic (exact) mass is 394 g/mol. The zero-order valence-electron chi connectivity index (χ0n) is 15.3. The van der Waals surface area contributed by atoms with E-state index in [4.69, 9.17) is 4.74 Å². The molecule has 2 aromatic rings. The molecule has 0 fully saturated rings. The number of nitrogens with one attached hydrogen (secondary N) is 1. The van der Waals surface area contributed by atoms with E-state index in [1.165, 1.54) is 16.4 Å². The van der Waals surface area contributed by atoms with Crippen LogP contribution in [0.2, 0.25) is 0 Å². The van der Waals surface area contributed by atoms with Crippen LogP contribution < -0.4 is 14.4 Å². The van der Waals surface area contributed by atoms with Crippen LogP contribution in [-0.4, -0.2) is 40.3 Å². The fourth-order valence-electron chi connectivity index (χ4n) is 2.58. The molecule has 0 bridgehead atoms. The number of halogens is 1. The number of rotatable bonds is 9. The molecule has 0 heterocycles. The molecule has 0 saturated heterocycles. The van der Waals surface area contributed by atoms with Crippen LogP contribution in [0.15, 0.2) is 48.5 Å². The van der Waals surface area contributed by atoms with Gasteiger partial charge in [0.05, 0.1) is 31.5 Å². The number of sulfonamides is 1. The van der Waals surface area contributed by atoms with Crippen molar-refractivity contribution < 1.29 is 22.3 Å². The van der Waals surface area contributed by atoms with E-state index < -0.39 is 15.8 Å². The molecule has 0 aliphatic rings. The Balaban J connectivity index is 2.04. The van der Waals surface area contributed by atoms with Gasteiger partial charge < -0.3 is 10.1 Å². The summed E-state index contributed by atoms with van der Waals surface area (Å²) in [6, 6.07) is 12.8. The first-order valence-electron chi connectivity index (χ1n) is 8.52. The molecule has 8 heteroatoms. The highest BCUT2D eigenvalue weighted by Gasteiger charge is 2.21. The summed E-state index contributed by atoms with van der Waals surface area (Å²) >= 11 is 0. The number of hydrogen-bond acceptors (Lipinski definition) is 4. The number of nitrogens with zero attached hydrogens (tertiary/aromatic N) is 1. The Hall–Kier alpha value is -2.61. The molecule has 2 aromatic carbocycles. The molecule has 0 aliphatic heterocycles. The van der Waals surface area contributed by atoms with Crippen molar-refractivity contribution in [2.24, 2.45) is 0 Å². The molecule has 1 N–H and O–H groups in total. The van der Waals surface area contributed by atoms with Crippen molar-refractivity contribution in [1.29, 1.82) is 0 Å². The second-order valence-electron chi connectivity index (χ2n) is 5.85. The van der Waals surface area contributed by atoms with Crippen LogP contribution in [0.4, 0.5) is 10.1 Å².